The summed E-state index contributed by atoms with van der Waals surface area (Å²) in [6.45, 7) is 3.02. The third-order valence-electron chi connectivity index (χ3n) is 4.36. The number of carboxylic acid groups (broad SMARTS) is 1. The van der Waals surface area contributed by atoms with Gasteiger partial charge in [0.1, 0.15) is 0 Å². The van der Waals surface area contributed by atoms with Crippen LogP contribution in [0.15, 0.2) is 24.3 Å². The zero-order chi connectivity index (χ0) is 23.6. The number of ether oxygens (including phenoxy) is 1. The number of unbranched alkanes of at least 4 members (excludes halogenated alkanes) is 1. The molecular weight excluding hydrogens is 451 g/mol. The first kappa shape index (κ1) is 24.8. The number of halogens is 5. The molecule has 2 aromatic rings. The number of rotatable bonds is 9. The Morgan fingerprint density at radius 1 is 1.19 bits per heavy atom. The van der Waals surface area contributed by atoms with E-state index in [1.54, 1.807) is 6.92 Å². The summed E-state index contributed by atoms with van der Waals surface area (Å²) >= 11 is 0. The van der Waals surface area contributed by atoms with Crippen molar-refractivity contribution in [1.29, 1.82) is 0 Å². The molecule has 0 heterocycles. The van der Waals surface area contributed by atoms with Gasteiger partial charge in [-0.25, -0.2) is 13.6 Å². The third-order valence-corrected chi connectivity index (χ3v) is 5.31. The maximum absolute atomic E-state index is 13.0. The fraction of sp³-hybridized carbons (Fsp3) is 0.421. The molecular formula is C19H19F5O6S. The van der Waals surface area contributed by atoms with Crippen LogP contribution in [0.3, 0.4) is 0 Å². The highest BCUT2D eigenvalue weighted by Gasteiger charge is 2.49. The molecule has 0 saturated carbocycles. The first-order chi connectivity index (χ1) is 14.3. The highest BCUT2D eigenvalue weighted by Crippen LogP contribution is 2.41. The van der Waals surface area contributed by atoms with E-state index in [9.17, 15) is 40.3 Å². The molecule has 0 saturated heterocycles. The minimum Gasteiger partial charge on any atom is -0.479 e. The average Bonchev–Trinajstić information content (AvgIpc) is 2.64. The maximum Gasteiger partial charge on any atom is 0.534 e. The lowest BCUT2D eigenvalue weighted by molar-refractivity contribution is -0.151. The van der Waals surface area contributed by atoms with Crippen molar-refractivity contribution in [1.82, 2.24) is 0 Å². The average molecular weight is 470 g/mol. The van der Waals surface area contributed by atoms with E-state index in [-0.39, 0.29) is 22.9 Å². The van der Waals surface area contributed by atoms with Crippen molar-refractivity contribution < 1.29 is 49.2 Å². The van der Waals surface area contributed by atoms with Crippen LogP contribution in [0.4, 0.5) is 22.0 Å². The zero-order valence-corrected chi connectivity index (χ0v) is 17.2. The van der Waals surface area contributed by atoms with Gasteiger partial charge in [0.2, 0.25) is 0 Å². The van der Waals surface area contributed by atoms with Gasteiger partial charge in [0, 0.05) is 23.1 Å². The van der Waals surface area contributed by atoms with E-state index >= 15 is 0 Å². The van der Waals surface area contributed by atoms with E-state index in [1.165, 1.54) is 13.0 Å². The maximum atomic E-state index is 13.0. The molecule has 0 radical (unpaired) electrons. The molecule has 0 aliphatic carbocycles. The molecule has 1 N–H and O–H groups in total. The number of aryl methyl sites for hydroxylation is 1. The Morgan fingerprint density at radius 2 is 1.84 bits per heavy atom. The number of alkyl halides is 5. The molecule has 0 aliphatic rings. The summed E-state index contributed by atoms with van der Waals surface area (Å²) in [5, 5.41) is 9.23. The monoisotopic (exact) mass is 470 g/mol. The van der Waals surface area contributed by atoms with Crippen molar-refractivity contribution in [2.24, 2.45) is 0 Å². The minimum atomic E-state index is -6.19. The second-order valence-corrected chi connectivity index (χ2v) is 8.18. The molecule has 2 rings (SSSR count). The molecule has 12 heteroatoms. The summed E-state index contributed by atoms with van der Waals surface area (Å²) in [7, 11) is -6.19. The number of fused-ring (bicyclic) bond motifs is 1. The Kier molecular flexibility index (Phi) is 7.48. The summed E-state index contributed by atoms with van der Waals surface area (Å²) in [6.07, 6.45) is -3.67. The van der Waals surface area contributed by atoms with Crippen molar-refractivity contribution >= 4 is 26.9 Å². The van der Waals surface area contributed by atoms with E-state index in [1.807, 2.05) is 0 Å². The number of benzene rings is 2. The van der Waals surface area contributed by atoms with Crippen LogP contribution in [-0.4, -0.2) is 31.6 Å². The van der Waals surface area contributed by atoms with Gasteiger partial charge in [-0.15, -0.1) is 0 Å². The van der Waals surface area contributed by atoms with Crippen molar-refractivity contribution in [3.63, 3.8) is 0 Å². The van der Waals surface area contributed by atoms with Gasteiger partial charge in [0.05, 0.1) is 0 Å². The summed E-state index contributed by atoms with van der Waals surface area (Å²) < 4.78 is 98.0. The Bertz CT molecular complexity index is 1070. The number of hydrogen-bond acceptors (Lipinski definition) is 5. The Morgan fingerprint density at radius 3 is 2.35 bits per heavy atom. The predicted molar refractivity (Wildman–Crippen MR) is 100 cm³/mol. The lowest BCUT2D eigenvalue weighted by Crippen LogP contribution is -2.29. The molecule has 0 bridgehead atoms. The van der Waals surface area contributed by atoms with Gasteiger partial charge in [-0.3, -0.25) is 0 Å². The van der Waals surface area contributed by atoms with Gasteiger partial charge >= 0.3 is 21.6 Å². The molecule has 2 aromatic carbocycles. The molecule has 6 nitrogen and oxygen atoms in total. The van der Waals surface area contributed by atoms with Gasteiger partial charge in [-0.2, -0.15) is 21.6 Å². The second kappa shape index (κ2) is 9.35. The zero-order valence-electron chi connectivity index (χ0n) is 16.4. The third kappa shape index (κ3) is 5.42. The van der Waals surface area contributed by atoms with E-state index in [4.69, 9.17) is 4.74 Å². The number of carbonyl (C=O) groups is 1. The Balaban J connectivity index is 2.81. The molecule has 0 spiro atoms. The lowest BCUT2D eigenvalue weighted by Gasteiger charge is -2.22. The van der Waals surface area contributed by atoms with E-state index in [0.717, 1.165) is 18.2 Å². The Hall–Kier alpha value is -2.47. The number of hydrogen-bond donors (Lipinski definition) is 1. The van der Waals surface area contributed by atoms with Crippen molar-refractivity contribution in [2.45, 2.75) is 44.7 Å². The SMILES string of the molecule is CCCCOC(C(=O)O)c1c(C)cc2cc(C(F)F)ccc2c1OS(=O)(=O)C(F)(F)F. The molecule has 0 aromatic heterocycles. The van der Waals surface area contributed by atoms with Crippen molar-refractivity contribution in [3.8, 4) is 5.75 Å². The van der Waals surface area contributed by atoms with Crippen molar-refractivity contribution in [2.75, 3.05) is 6.61 Å². The van der Waals surface area contributed by atoms with Crippen LogP contribution in [0.25, 0.3) is 10.8 Å². The minimum absolute atomic E-state index is 0.00445. The first-order valence-corrected chi connectivity index (χ1v) is 10.4. The molecule has 31 heavy (non-hydrogen) atoms. The molecule has 0 amide bonds. The van der Waals surface area contributed by atoms with Gasteiger partial charge in [-0.05, 0) is 30.4 Å². The molecule has 172 valence electrons. The van der Waals surface area contributed by atoms with Gasteiger partial charge in [-0.1, -0.05) is 31.5 Å². The summed E-state index contributed by atoms with van der Waals surface area (Å²) in [4.78, 5) is 11.8. The fourth-order valence-electron chi connectivity index (χ4n) is 2.87. The normalized spacial score (nSPS) is 13.5. The largest absolute Gasteiger partial charge is 0.534 e. The van der Waals surface area contributed by atoms with Crippen LogP contribution in [0.5, 0.6) is 5.75 Å². The highest BCUT2D eigenvalue weighted by molar-refractivity contribution is 7.88. The number of carboxylic acids is 1. The molecule has 0 aliphatic heterocycles. The molecule has 0 fully saturated rings. The Labute approximate surface area is 174 Å². The second-order valence-electron chi connectivity index (χ2n) is 6.64. The van der Waals surface area contributed by atoms with Gasteiger partial charge in [0.25, 0.3) is 6.43 Å². The van der Waals surface area contributed by atoms with E-state index in [2.05, 4.69) is 4.18 Å². The smallest absolute Gasteiger partial charge is 0.479 e. The van der Waals surface area contributed by atoms with Crippen molar-refractivity contribution in [3.05, 3.63) is 41.0 Å². The lowest BCUT2D eigenvalue weighted by atomic mass is 9.95. The van der Waals surface area contributed by atoms with Crippen LogP contribution in [-0.2, 0) is 19.6 Å². The standard InChI is InChI=1S/C19H19F5O6S/c1-3-4-7-29-16(18(25)26)14-10(2)8-12-9-11(17(20)21)5-6-13(12)15(14)30-31(27,28)19(22,23)24/h5-6,8-9,16-17H,3-4,7H2,1-2H3,(H,25,26). The summed E-state index contributed by atoms with van der Waals surface area (Å²) in [5.41, 5.74) is -6.72. The predicted octanol–water partition coefficient (Wildman–Crippen LogP) is 5.26. The summed E-state index contributed by atoms with van der Waals surface area (Å²) in [6, 6.07) is 4.04. The van der Waals surface area contributed by atoms with Gasteiger partial charge in [0.15, 0.2) is 11.9 Å². The molecule has 1 atom stereocenters. The van der Waals surface area contributed by atoms with Crippen LogP contribution >= 0.6 is 0 Å². The van der Waals surface area contributed by atoms with Crippen LogP contribution < -0.4 is 4.18 Å². The topological polar surface area (TPSA) is 89.9 Å². The summed E-state index contributed by atoms with van der Waals surface area (Å²) in [5.74, 6) is -2.52. The number of aliphatic carboxylic acids is 1. The highest BCUT2D eigenvalue weighted by atomic mass is 32.2. The molecule has 1 unspecified atom stereocenters. The fourth-order valence-corrected chi connectivity index (χ4v) is 3.37. The van der Waals surface area contributed by atoms with Gasteiger partial charge < -0.3 is 14.0 Å². The quantitative estimate of drug-likeness (QED) is 0.233. The van der Waals surface area contributed by atoms with E-state index in [0.29, 0.717) is 12.8 Å². The van der Waals surface area contributed by atoms with Crippen LogP contribution in [0.2, 0.25) is 0 Å². The first-order valence-electron chi connectivity index (χ1n) is 9.00. The van der Waals surface area contributed by atoms with Crippen LogP contribution in [0, 0.1) is 6.92 Å². The van der Waals surface area contributed by atoms with E-state index < -0.39 is 51.0 Å². The van der Waals surface area contributed by atoms with Crippen LogP contribution in [0.1, 0.15) is 49.0 Å².